The van der Waals surface area contributed by atoms with Crippen molar-refractivity contribution in [3.63, 3.8) is 0 Å². The van der Waals surface area contributed by atoms with E-state index >= 15 is 0 Å². The molecule has 2 N–H and O–H groups in total. The average Bonchev–Trinajstić information content (AvgIpc) is 2.47. The number of carbonyl (C=O) groups is 1. The number of nitrogens with zero attached hydrogens (tertiary/aromatic N) is 1. The minimum atomic E-state index is -0.252. The molecule has 0 aliphatic rings. The molecule has 0 heterocycles. The Morgan fingerprint density at radius 3 is 2.52 bits per heavy atom. The zero-order valence-electron chi connectivity index (χ0n) is 12.1. The highest BCUT2D eigenvalue weighted by Gasteiger charge is 2.09. The van der Waals surface area contributed by atoms with Gasteiger partial charge in [-0.25, -0.2) is 4.79 Å². The predicted molar refractivity (Wildman–Crippen MR) is 82.9 cm³/mol. The van der Waals surface area contributed by atoms with Crippen molar-refractivity contribution >= 4 is 11.7 Å². The fourth-order valence-corrected chi connectivity index (χ4v) is 2.02. The van der Waals surface area contributed by atoms with Crippen LogP contribution < -0.4 is 10.6 Å². The highest BCUT2D eigenvalue weighted by atomic mass is 16.2. The smallest absolute Gasteiger partial charge is 0.319 e. The van der Waals surface area contributed by atoms with Gasteiger partial charge in [-0.2, -0.15) is 5.26 Å². The highest BCUT2D eigenvalue weighted by molar-refractivity contribution is 5.89. The van der Waals surface area contributed by atoms with Crippen molar-refractivity contribution in [1.82, 2.24) is 5.32 Å². The van der Waals surface area contributed by atoms with Gasteiger partial charge in [0.2, 0.25) is 0 Å². The van der Waals surface area contributed by atoms with Crippen molar-refractivity contribution in [3.05, 3.63) is 65.2 Å². The minimum Gasteiger partial charge on any atom is -0.331 e. The Hall–Kier alpha value is -2.80. The van der Waals surface area contributed by atoms with E-state index in [0.717, 1.165) is 16.8 Å². The van der Waals surface area contributed by atoms with Crippen molar-refractivity contribution in [1.29, 1.82) is 5.26 Å². The van der Waals surface area contributed by atoms with E-state index in [0.29, 0.717) is 5.56 Å². The maximum atomic E-state index is 12.0. The number of benzene rings is 2. The second kappa shape index (κ2) is 6.58. The summed E-state index contributed by atoms with van der Waals surface area (Å²) in [5.41, 5.74) is 3.41. The van der Waals surface area contributed by atoms with Gasteiger partial charge >= 0.3 is 6.03 Å². The lowest BCUT2D eigenvalue weighted by Crippen LogP contribution is -2.31. The molecular formula is C17H17N3O. The summed E-state index contributed by atoms with van der Waals surface area (Å²) in [6.07, 6.45) is 0. The molecule has 0 spiro atoms. The van der Waals surface area contributed by atoms with Crippen LogP contribution in [0.25, 0.3) is 0 Å². The third-order valence-corrected chi connectivity index (χ3v) is 3.16. The molecule has 0 saturated heterocycles. The van der Waals surface area contributed by atoms with Gasteiger partial charge in [-0.3, -0.25) is 0 Å². The number of hydrogen-bond donors (Lipinski definition) is 2. The third-order valence-electron chi connectivity index (χ3n) is 3.16. The number of amides is 2. The molecule has 106 valence electrons. The Morgan fingerprint density at radius 1 is 1.19 bits per heavy atom. The molecule has 2 aromatic rings. The summed E-state index contributed by atoms with van der Waals surface area (Å²) >= 11 is 0. The van der Waals surface area contributed by atoms with E-state index in [4.69, 9.17) is 5.26 Å². The van der Waals surface area contributed by atoms with Gasteiger partial charge in [0.25, 0.3) is 0 Å². The number of anilines is 1. The normalized spacial score (nSPS) is 11.3. The molecule has 0 fully saturated rings. The molecule has 0 aliphatic carbocycles. The van der Waals surface area contributed by atoms with Crippen LogP contribution in [0.3, 0.4) is 0 Å². The molecule has 2 amide bonds. The first-order valence-corrected chi connectivity index (χ1v) is 6.73. The first-order valence-electron chi connectivity index (χ1n) is 6.73. The SMILES string of the molecule is Cc1cccc(NC(=O)N[C@@H](C)c2ccc(C#N)cc2)c1. The van der Waals surface area contributed by atoms with Gasteiger partial charge in [0.05, 0.1) is 17.7 Å². The van der Waals surface area contributed by atoms with Gasteiger partial charge in [-0.15, -0.1) is 0 Å². The van der Waals surface area contributed by atoms with Crippen LogP contribution in [0.15, 0.2) is 48.5 Å². The van der Waals surface area contributed by atoms with Crippen LogP contribution in [0.5, 0.6) is 0 Å². The number of carbonyl (C=O) groups excluding carboxylic acids is 1. The van der Waals surface area contributed by atoms with Crippen LogP contribution in [0.1, 0.15) is 29.7 Å². The van der Waals surface area contributed by atoms with Crippen molar-refractivity contribution in [2.24, 2.45) is 0 Å². The van der Waals surface area contributed by atoms with E-state index in [1.165, 1.54) is 0 Å². The zero-order chi connectivity index (χ0) is 15.2. The molecule has 0 aliphatic heterocycles. The lowest BCUT2D eigenvalue weighted by molar-refractivity contribution is 0.249. The second-order valence-corrected chi connectivity index (χ2v) is 4.92. The Morgan fingerprint density at radius 2 is 1.90 bits per heavy atom. The van der Waals surface area contributed by atoms with Crippen molar-refractivity contribution in [2.45, 2.75) is 19.9 Å². The van der Waals surface area contributed by atoms with Gasteiger partial charge in [0.15, 0.2) is 0 Å². The Kier molecular flexibility index (Phi) is 4.57. The molecule has 21 heavy (non-hydrogen) atoms. The Bertz CT molecular complexity index is 671. The summed E-state index contributed by atoms with van der Waals surface area (Å²) in [7, 11) is 0. The van der Waals surface area contributed by atoms with E-state index in [2.05, 4.69) is 16.7 Å². The van der Waals surface area contributed by atoms with Crippen molar-refractivity contribution < 1.29 is 4.79 Å². The summed E-state index contributed by atoms with van der Waals surface area (Å²) in [5, 5.41) is 14.4. The average molecular weight is 279 g/mol. The molecule has 2 rings (SSSR count). The topological polar surface area (TPSA) is 64.9 Å². The molecule has 0 unspecified atom stereocenters. The monoisotopic (exact) mass is 279 g/mol. The summed E-state index contributed by atoms with van der Waals surface area (Å²) in [6.45, 7) is 3.87. The fourth-order valence-electron chi connectivity index (χ4n) is 2.02. The van der Waals surface area contributed by atoms with Gasteiger partial charge < -0.3 is 10.6 Å². The number of nitrogens with one attached hydrogen (secondary N) is 2. The third kappa shape index (κ3) is 4.08. The summed E-state index contributed by atoms with van der Waals surface area (Å²) in [6, 6.07) is 16.5. The minimum absolute atomic E-state index is 0.137. The van der Waals surface area contributed by atoms with Gasteiger partial charge in [0, 0.05) is 5.69 Å². The zero-order valence-corrected chi connectivity index (χ0v) is 12.1. The quantitative estimate of drug-likeness (QED) is 0.898. The van der Waals surface area contributed by atoms with Crippen molar-refractivity contribution in [2.75, 3.05) is 5.32 Å². The lowest BCUT2D eigenvalue weighted by Gasteiger charge is -2.15. The molecule has 2 aromatic carbocycles. The fraction of sp³-hybridized carbons (Fsp3) is 0.176. The molecule has 0 radical (unpaired) electrons. The van der Waals surface area contributed by atoms with Gasteiger partial charge in [-0.1, -0.05) is 24.3 Å². The Labute approximate surface area is 124 Å². The van der Waals surface area contributed by atoms with E-state index in [1.54, 1.807) is 12.1 Å². The van der Waals surface area contributed by atoms with Crippen LogP contribution in [-0.2, 0) is 0 Å². The molecule has 0 aromatic heterocycles. The van der Waals surface area contributed by atoms with E-state index < -0.39 is 0 Å². The first-order chi connectivity index (χ1) is 10.1. The van der Waals surface area contributed by atoms with Gasteiger partial charge in [-0.05, 0) is 49.2 Å². The molecule has 4 nitrogen and oxygen atoms in total. The number of aryl methyl sites for hydroxylation is 1. The summed E-state index contributed by atoms with van der Waals surface area (Å²) in [5.74, 6) is 0. The first kappa shape index (κ1) is 14.6. The standard InChI is InChI=1S/C17H17N3O/c1-12-4-3-5-16(10-12)20-17(21)19-13(2)15-8-6-14(11-18)7-9-15/h3-10,13H,1-2H3,(H2,19,20,21)/t13-/m0/s1. The molecule has 4 heteroatoms. The van der Waals surface area contributed by atoms with E-state index in [-0.39, 0.29) is 12.1 Å². The molecular weight excluding hydrogens is 262 g/mol. The van der Waals surface area contributed by atoms with Crippen LogP contribution in [-0.4, -0.2) is 6.03 Å². The second-order valence-electron chi connectivity index (χ2n) is 4.92. The predicted octanol–water partition coefficient (Wildman–Crippen LogP) is 3.75. The Balaban J connectivity index is 1.97. The lowest BCUT2D eigenvalue weighted by atomic mass is 10.1. The van der Waals surface area contributed by atoms with Gasteiger partial charge in [0.1, 0.15) is 0 Å². The molecule has 1 atom stereocenters. The number of rotatable bonds is 3. The number of nitriles is 1. The maximum absolute atomic E-state index is 12.0. The van der Waals surface area contributed by atoms with E-state index in [1.807, 2.05) is 50.2 Å². The highest BCUT2D eigenvalue weighted by Crippen LogP contribution is 2.14. The number of urea groups is 1. The largest absolute Gasteiger partial charge is 0.331 e. The van der Waals surface area contributed by atoms with E-state index in [9.17, 15) is 4.79 Å². The molecule has 0 saturated carbocycles. The van der Waals surface area contributed by atoms with Crippen LogP contribution in [0.2, 0.25) is 0 Å². The summed E-state index contributed by atoms with van der Waals surface area (Å²) in [4.78, 5) is 12.0. The maximum Gasteiger partial charge on any atom is 0.319 e. The van der Waals surface area contributed by atoms with Crippen LogP contribution >= 0.6 is 0 Å². The molecule has 0 bridgehead atoms. The number of hydrogen-bond acceptors (Lipinski definition) is 2. The summed E-state index contributed by atoms with van der Waals surface area (Å²) < 4.78 is 0. The van der Waals surface area contributed by atoms with Crippen LogP contribution in [0.4, 0.5) is 10.5 Å². The van der Waals surface area contributed by atoms with Crippen molar-refractivity contribution in [3.8, 4) is 6.07 Å². The van der Waals surface area contributed by atoms with Crippen LogP contribution in [0, 0.1) is 18.3 Å².